The van der Waals surface area contributed by atoms with Crippen LogP contribution in [-0.4, -0.2) is 19.7 Å². The van der Waals surface area contributed by atoms with Crippen molar-refractivity contribution >= 4 is 15.9 Å². The molecule has 0 spiro atoms. The molecule has 2 rings (SSSR count). The van der Waals surface area contributed by atoms with Gasteiger partial charge in [-0.05, 0) is 50.1 Å². The van der Waals surface area contributed by atoms with Crippen molar-refractivity contribution in [3.05, 3.63) is 28.2 Å². The van der Waals surface area contributed by atoms with Crippen LogP contribution in [0.5, 0.6) is 5.75 Å². The number of piperidine rings is 1. The highest BCUT2D eigenvalue weighted by Crippen LogP contribution is 2.23. The quantitative estimate of drug-likeness (QED) is 0.920. The first-order chi connectivity index (χ1) is 7.75. The summed E-state index contributed by atoms with van der Waals surface area (Å²) in [6, 6.07) is 6.16. The molecule has 0 saturated carbocycles. The lowest BCUT2D eigenvalue weighted by Crippen LogP contribution is -2.33. The van der Waals surface area contributed by atoms with Crippen LogP contribution in [-0.2, 0) is 0 Å². The maximum Gasteiger partial charge on any atom is 0.122 e. The standard InChI is InChI=1S/C13H18BrNO/c1-10-7-12(14)4-5-13(10)16-9-11-3-2-6-15-8-11/h4-5,7,11,15H,2-3,6,8-9H2,1H3. The minimum atomic E-state index is 0.664. The Labute approximate surface area is 106 Å². The molecule has 0 radical (unpaired) electrons. The van der Waals surface area contributed by atoms with Gasteiger partial charge >= 0.3 is 0 Å². The summed E-state index contributed by atoms with van der Waals surface area (Å²) < 4.78 is 6.98. The number of nitrogens with one attached hydrogen (secondary N) is 1. The monoisotopic (exact) mass is 283 g/mol. The normalized spacial score (nSPS) is 20.8. The van der Waals surface area contributed by atoms with Gasteiger partial charge in [0.1, 0.15) is 5.75 Å². The summed E-state index contributed by atoms with van der Waals surface area (Å²) in [4.78, 5) is 0. The molecular formula is C13H18BrNO. The van der Waals surface area contributed by atoms with Crippen LogP contribution >= 0.6 is 15.9 Å². The molecule has 1 aliphatic heterocycles. The molecule has 2 nitrogen and oxygen atoms in total. The summed E-state index contributed by atoms with van der Waals surface area (Å²) in [6.45, 7) is 5.16. The minimum Gasteiger partial charge on any atom is -0.493 e. The largest absolute Gasteiger partial charge is 0.493 e. The molecule has 0 amide bonds. The van der Waals surface area contributed by atoms with Crippen LogP contribution in [0.25, 0.3) is 0 Å². The molecule has 0 aromatic heterocycles. The Balaban J connectivity index is 1.88. The molecule has 1 fully saturated rings. The molecule has 1 aromatic carbocycles. The Hall–Kier alpha value is -0.540. The van der Waals surface area contributed by atoms with E-state index in [4.69, 9.17) is 4.74 Å². The van der Waals surface area contributed by atoms with Gasteiger partial charge in [-0.1, -0.05) is 15.9 Å². The Morgan fingerprint density at radius 3 is 3.06 bits per heavy atom. The lowest BCUT2D eigenvalue weighted by molar-refractivity contribution is 0.217. The molecule has 0 aliphatic carbocycles. The Morgan fingerprint density at radius 1 is 1.50 bits per heavy atom. The van der Waals surface area contributed by atoms with Gasteiger partial charge in [-0.3, -0.25) is 0 Å². The van der Waals surface area contributed by atoms with Gasteiger partial charge in [0.2, 0.25) is 0 Å². The second-order valence-corrected chi connectivity index (χ2v) is 5.35. The number of benzene rings is 1. The van der Waals surface area contributed by atoms with Gasteiger partial charge < -0.3 is 10.1 Å². The molecule has 1 aliphatic rings. The summed E-state index contributed by atoms with van der Waals surface area (Å²) in [5, 5.41) is 3.41. The van der Waals surface area contributed by atoms with E-state index in [1.54, 1.807) is 0 Å². The van der Waals surface area contributed by atoms with Crippen molar-refractivity contribution in [1.29, 1.82) is 0 Å². The Morgan fingerprint density at radius 2 is 2.38 bits per heavy atom. The van der Waals surface area contributed by atoms with Gasteiger partial charge in [0.25, 0.3) is 0 Å². The van der Waals surface area contributed by atoms with E-state index in [1.165, 1.54) is 18.4 Å². The highest BCUT2D eigenvalue weighted by atomic mass is 79.9. The SMILES string of the molecule is Cc1cc(Br)ccc1OCC1CCCNC1. The summed E-state index contributed by atoms with van der Waals surface area (Å²) in [5.41, 5.74) is 1.19. The van der Waals surface area contributed by atoms with Crippen molar-refractivity contribution in [2.75, 3.05) is 19.7 Å². The third-order valence-electron chi connectivity index (χ3n) is 3.01. The molecule has 16 heavy (non-hydrogen) atoms. The van der Waals surface area contributed by atoms with Crippen LogP contribution in [0.2, 0.25) is 0 Å². The van der Waals surface area contributed by atoms with Crippen LogP contribution in [0.3, 0.4) is 0 Å². The highest BCUT2D eigenvalue weighted by Gasteiger charge is 2.13. The van der Waals surface area contributed by atoms with Crippen molar-refractivity contribution in [2.45, 2.75) is 19.8 Å². The number of hydrogen-bond acceptors (Lipinski definition) is 2. The number of rotatable bonds is 3. The van der Waals surface area contributed by atoms with E-state index in [9.17, 15) is 0 Å². The van der Waals surface area contributed by atoms with Crippen LogP contribution in [0.1, 0.15) is 18.4 Å². The van der Waals surface area contributed by atoms with E-state index in [2.05, 4.69) is 34.2 Å². The summed E-state index contributed by atoms with van der Waals surface area (Å²) in [7, 11) is 0. The summed E-state index contributed by atoms with van der Waals surface area (Å²) in [5.74, 6) is 1.67. The first-order valence-electron chi connectivity index (χ1n) is 5.85. The van der Waals surface area contributed by atoms with E-state index in [0.717, 1.165) is 29.9 Å². The second-order valence-electron chi connectivity index (χ2n) is 4.43. The maximum absolute atomic E-state index is 5.87. The lowest BCUT2D eigenvalue weighted by atomic mass is 10.0. The molecule has 1 aromatic rings. The Bertz CT molecular complexity index is 348. The number of hydrogen-bond donors (Lipinski definition) is 1. The van der Waals surface area contributed by atoms with Crippen molar-refractivity contribution in [3.63, 3.8) is 0 Å². The highest BCUT2D eigenvalue weighted by molar-refractivity contribution is 9.10. The van der Waals surface area contributed by atoms with Gasteiger partial charge in [0.15, 0.2) is 0 Å². The van der Waals surface area contributed by atoms with Crippen molar-refractivity contribution in [3.8, 4) is 5.75 Å². The zero-order chi connectivity index (χ0) is 11.4. The molecule has 1 saturated heterocycles. The first-order valence-corrected chi connectivity index (χ1v) is 6.64. The third-order valence-corrected chi connectivity index (χ3v) is 3.50. The van der Waals surface area contributed by atoms with Crippen molar-refractivity contribution in [2.24, 2.45) is 5.92 Å². The molecule has 1 atom stereocenters. The lowest BCUT2D eigenvalue weighted by Gasteiger charge is -2.23. The van der Waals surface area contributed by atoms with Crippen molar-refractivity contribution < 1.29 is 4.74 Å². The van der Waals surface area contributed by atoms with Gasteiger partial charge in [-0.25, -0.2) is 0 Å². The number of aryl methyl sites for hydroxylation is 1. The average molecular weight is 284 g/mol. The number of halogens is 1. The predicted octanol–water partition coefficient (Wildman–Crippen LogP) is 3.14. The van der Waals surface area contributed by atoms with Crippen molar-refractivity contribution in [1.82, 2.24) is 5.32 Å². The predicted molar refractivity (Wildman–Crippen MR) is 70.0 cm³/mol. The van der Waals surface area contributed by atoms with Gasteiger partial charge in [-0.2, -0.15) is 0 Å². The first kappa shape index (κ1) is 11.9. The van der Waals surface area contributed by atoms with Gasteiger partial charge in [-0.15, -0.1) is 0 Å². The molecule has 1 heterocycles. The van der Waals surface area contributed by atoms with Crippen LogP contribution in [0.4, 0.5) is 0 Å². The van der Waals surface area contributed by atoms with Gasteiger partial charge in [0, 0.05) is 16.9 Å². The Kier molecular flexibility index (Phi) is 4.24. The van der Waals surface area contributed by atoms with Crippen LogP contribution < -0.4 is 10.1 Å². The zero-order valence-electron chi connectivity index (χ0n) is 9.63. The van der Waals surface area contributed by atoms with E-state index < -0.39 is 0 Å². The zero-order valence-corrected chi connectivity index (χ0v) is 11.2. The fourth-order valence-corrected chi connectivity index (χ4v) is 2.52. The third kappa shape index (κ3) is 3.22. The van der Waals surface area contributed by atoms with E-state index in [0.29, 0.717) is 5.92 Å². The number of ether oxygens (including phenoxy) is 1. The molecule has 3 heteroatoms. The summed E-state index contributed by atoms with van der Waals surface area (Å²) in [6.07, 6.45) is 2.55. The summed E-state index contributed by atoms with van der Waals surface area (Å²) >= 11 is 3.46. The van der Waals surface area contributed by atoms with Gasteiger partial charge in [0.05, 0.1) is 6.61 Å². The topological polar surface area (TPSA) is 21.3 Å². The van der Waals surface area contributed by atoms with Crippen LogP contribution in [0.15, 0.2) is 22.7 Å². The molecule has 0 bridgehead atoms. The molecular weight excluding hydrogens is 266 g/mol. The average Bonchev–Trinajstić information content (AvgIpc) is 2.29. The van der Waals surface area contributed by atoms with E-state index >= 15 is 0 Å². The second kappa shape index (κ2) is 5.69. The minimum absolute atomic E-state index is 0.664. The maximum atomic E-state index is 5.87. The van der Waals surface area contributed by atoms with E-state index in [-0.39, 0.29) is 0 Å². The van der Waals surface area contributed by atoms with Crippen LogP contribution in [0, 0.1) is 12.8 Å². The molecule has 1 N–H and O–H groups in total. The van der Waals surface area contributed by atoms with E-state index in [1.807, 2.05) is 12.1 Å². The molecule has 88 valence electrons. The fraction of sp³-hybridized carbons (Fsp3) is 0.538. The fourth-order valence-electron chi connectivity index (χ4n) is 2.05. The molecule has 1 unspecified atom stereocenters. The smallest absolute Gasteiger partial charge is 0.122 e.